The van der Waals surface area contributed by atoms with E-state index in [1.165, 1.54) is 0 Å². The van der Waals surface area contributed by atoms with Crippen molar-refractivity contribution in [2.24, 2.45) is 0 Å². The van der Waals surface area contributed by atoms with Crippen molar-refractivity contribution in [3.63, 3.8) is 0 Å². The lowest BCUT2D eigenvalue weighted by atomic mass is 10.1. The predicted octanol–water partition coefficient (Wildman–Crippen LogP) is 1.04. The second-order valence-corrected chi connectivity index (χ2v) is 5.80. The van der Waals surface area contributed by atoms with Crippen LogP contribution in [0.15, 0.2) is 0 Å². The molecule has 2 N–H and O–H groups in total. The fraction of sp³-hybridized carbons (Fsp3) is 0.750. The summed E-state index contributed by atoms with van der Waals surface area (Å²) in [5, 5.41) is 13.2. The molecule has 0 aliphatic carbocycles. The van der Waals surface area contributed by atoms with Gasteiger partial charge >= 0.3 is 6.01 Å². The Labute approximate surface area is 124 Å². The van der Waals surface area contributed by atoms with E-state index < -0.39 is 5.60 Å². The zero-order valence-electron chi connectivity index (χ0n) is 12.5. The van der Waals surface area contributed by atoms with Crippen LogP contribution in [-0.2, 0) is 0 Å². The van der Waals surface area contributed by atoms with Gasteiger partial charge in [-0.2, -0.15) is 15.0 Å². The first kappa shape index (κ1) is 16.9. The molecule has 0 saturated heterocycles. The van der Waals surface area contributed by atoms with Crippen LogP contribution < -0.4 is 10.1 Å². The Kier molecular flexibility index (Phi) is 5.91. The maximum atomic E-state index is 10.2. The molecule has 1 unspecified atom stereocenters. The minimum atomic E-state index is -0.915. The van der Waals surface area contributed by atoms with Gasteiger partial charge < -0.3 is 20.1 Å². The summed E-state index contributed by atoms with van der Waals surface area (Å²) in [7, 11) is 3.78. The number of aromatic nitrogens is 3. The molecule has 0 bridgehead atoms. The summed E-state index contributed by atoms with van der Waals surface area (Å²) >= 11 is 5.81. The van der Waals surface area contributed by atoms with Crippen molar-refractivity contribution in [3.8, 4) is 6.01 Å². The quantitative estimate of drug-likeness (QED) is 0.778. The van der Waals surface area contributed by atoms with Crippen LogP contribution in [-0.4, -0.2) is 63.8 Å². The molecule has 7 nitrogen and oxygen atoms in total. The third-order valence-electron chi connectivity index (χ3n) is 2.21. The second-order valence-electron chi connectivity index (χ2n) is 5.47. The van der Waals surface area contributed by atoms with Gasteiger partial charge in [0.05, 0.1) is 11.7 Å². The minimum absolute atomic E-state index is 0.0467. The Hall–Kier alpha value is -1.18. The van der Waals surface area contributed by atoms with E-state index in [1.807, 2.05) is 32.8 Å². The molecule has 1 aromatic heterocycles. The van der Waals surface area contributed by atoms with E-state index in [2.05, 4.69) is 20.3 Å². The monoisotopic (exact) mass is 303 g/mol. The van der Waals surface area contributed by atoms with Crippen LogP contribution in [0.3, 0.4) is 0 Å². The molecule has 0 aliphatic rings. The summed E-state index contributed by atoms with van der Waals surface area (Å²) in [5.74, 6) is 0.277. The van der Waals surface area contributed by atoms with Crippen LogP contribution in [0.5, 0.6) is 6.01 Å². The van der Waals surface area contributed by atoms with Crippen molar-refractivity contribution < 1.29 is 9.84 Å². The van der Waals surface area contributed by atoms with Gasteiger partial charge in [0, 0.05) is 13.1 Å². The van der Waals surface area contributed by atoms with Gasteiger partial charge in [-0.25, -0.2) is 0 Å². The number of nitrogens with one attached hydrogen (secondary N) is 1. The van der Waals surface area contributed by atoms with Gasteiger partial charge in [0.1, 0.15) is 0 Å². The van der Waals surface area contributed by atoms with Crippen LogP contribution in [0.4, 0.5) is 5.95 Å². The SMILES string of the molecule is CC(C)Oc1nc(Cl)nc(NCC(C)(O)CN(C)C)n1. The Bertz CT molecular complexity index is 440. The van der Waals surface area contributed by atoms with E-state index in [1.54, 1.807) is 6.92 Å². The number of halogens is 1. The smallest absolute Gasteiger partial charge is 0.322 e. The van der Waals surface area contributed by atoms with Crippen LogP contribution in [0, 0.1) is 0 Å². The Morgan fingerprint density at radius 1 is 1.35 bits per heavy atom. The molecule has 0 saturated carbocycles. The fourth-order valence-electron chi connectivity index (χ4n) is 1.68. The molecule has 1 heterocycles. The summed E-state index contributed by atoms with van der Waals surface area (Å²) in [6.45, 7) is 6.26. The molecule has 0 radical (unpaired) electrons. The van der Waals surface area contributed by atoms with Crippen LogP contribution in [0.25, 0.3) is 0 Å². The summed E-state index contributed by atoms with van der Waals surface area (Å²) in [6.07, 6.45) is -0.0573. The standard InChI is InChI=1S/C12H22ClN5O2/c1-8(2)20-11-16-9(13)15-10(17-11)14-6-12(3,19)7-18(4)5/h8,19H,6-7H2,1-5H3,(H,14,15,16,17). The number of hydrogen-bond acceptors (Lipinski definition) is 7. The summed E-state index contributed by atoms with van der Waals surface area (Å²) in [4.78, 5) is 13.8. The maximum Gasteiger partial charge on any atom is 0.322 e. The third kappa shape index (κ3) is 6.31. The molecule has 8 heteroatoms. The van der Waals surface area contributed by atoms with Crippen molar-refractivity contribution in [3.05, 3.63) is 5.28 Å². The van der Waals surface area contributed by atoms with E-state index in [0.717, 1.165) is 0 Å². The number of ether oxygens (including phenoxy) is 1. The fourth-order valence-corrected chi connectivity index (χ4v) is 1.83. The Morgan fingerprint density at radius 3 is 2.55 bits per heavy atom. The number of aliphatic hydroxyl groups is 1. The molecule has 20 heavy (non-hydrogen) atoms. The summed E-state index contributed by atoms with van der Waals surface area (Å²) in [6, 6.07) is 0.162. The maximum absolute atomic E-state index is 10.2. The van der Waals surface area contributed by atoms with Gasteiger partial charge in [0.15, 0.2) is 0 Å². The van der Waals surface area contributed by atoms with E-state index in [9.17, 15) is 5.11 Å². The average molecular weight is 304 g/mol. The highest BCUT2D eigenvalue weighted by atomic mass is 35.5. The van der Waals surface area contributed by atoms with Crippen LogP contribution >= 0.6 is 11.6 Å². The van der Waals surface area contributed by atoms with Crippen LogP contribution in [0.2, 0.25) is 5.28 Å². The minimum Gasteiger partial charge on any atom is -0.461 e. The van der Waals surface area contributed by atoms with Gasteiger partial charge in [-0.1, -0.05) is 0 Å². The largest absolute Gasteiger partial charge is 0.461 e. The zero-order valence-corrected chi connectivity index (χ0v) is 13.3. The second kappa shape index (κ2) is 7.01. The molecular weight excluding hydrogens is 282 g/mol. The summed E-state index contributed by atoms with van der Waals surface area (Å²) in [5.41, 5.74) is -0.915. The lowest BCUT2D eigenvalue weighted by Gasteiger charge is -2.27. The molecule has 0 fully saturated rings. The lowest BCUT2D eigenvalue weighted by molar-refractivity contribution is 0.0458. The number of rotatable bonds is 7. The first-order valence-electron chi connectivity index (χ1n) is 6.37. The molecule has 1 aromatic rings. The number of hydrogen-bond donors (Lipinski definition) is 2. The van der Waals surface area contributed by atoms with Crippen molar-refractivity contribution in [2.45, 2.75) is 32.5 Å². The van der Waals surface area contributed by atoms with Gasteiger partial charge in [-0.05, 0) is 46.5 Å². The van der Waals surface area contributed by atoms with Crippen molar-refractivity contribution in [1.29, 1.82) is 0 Å². The van der Waals surface area contributed by atoms with Gasteiger partial charge in [-0.15, -0.1) is 0 Å². The molecule has 114 valence electrons. The van der Waals surface area contributed by atoms with E-state index in [4.69, 9.17) is 16.3 Å². The Balaban J connectivity index is 2.70. The van der Waals surface area contributed by atoms with E-state index >= 15 is 0 Å². The molecule has 0 spiro atoms. The summed E-state index contributed by atoms with van der Waals surface area (Å²) < 4.78 is 5.37. The highest BCUT2D eigenvalue weighted by Crippen LogP contribution is 2.14. The van der Waals surface area contributed by atoms with Crippen LogP contribution in [0.1, 0.15) is 20.8 Å². The van der Waals surface area contributed by atoms with Gasteiger partial charge in [0.25, 0.3) is 0 Å². The topological polar surface area (TPSA) is 83.4 Å². The van der Waals surface area contributed by atoms with E-state index in [0.29, 0.717) is 6.54 Å². The number of anilines is 1. The predicted molar refractivity (Wildman–Crippen MR) is 78.3 cm³/mol. The normalized spacial score (nSPS) is 14.4. The number of nitrogens with zero attached hydrogens (tertiary/aromatic N) is 4. The molecule has 0 amide bonds. The van der Waals surface area contributed by atoms with Crippen molar-refractivity contribution in [2.75, 3.05) is 32.5 Å². The molecule has 0 aromatic carbocycles. The first-order chi connectivity index (χ1) is 9.18. The van der Waals surface area contributed by atoms with Gasteiger partial charge in [-0.3, -0.25) is 0 Å². The third-order valence-corrected chi connectivity index (χ3v) is 2.38. The zero-order chi connectivity index (χ0) is 15.3. The highest BCUT2D eigenvalue weighted by molar-refractivity contribution is 6.28. The van der Waals surface area contributed by atoms with Gasteiger partial charge in [0.2, 0.25) is 11.2 Å². The Morgan fingerprint density at radius 2 is 2.00 bits per heavy atom. The molecule has 1 rings (SSSR count). The molecular formula is C12H22ClN5O2. The first-order valence-corrected chi connectivity index (χ1v) is 6.75. The highest BCUT2D eigenvalue weighted by Gasteiger charge is 2.21. The lowest BCUT2D eigenvalue weighted by Crippen LogP contribution is -2.43. The average Bonchev–Trinajstić information content (AvgIpc) is 2.23. The van der Waals surface area contributed by atoms with E-state index in [-0.39, 0.29) is 29.9 Å². The molecule has 1 atom stereocenters. The molecule has 0 aliphatic heterocycles. The number of likely N-dealkylation sites (N-methyl/N-ethyl adjacent to an activating group) is 1. The van der Waals surface area contributed by atoms with Crippen molar-refractivity contribution in [1.82, 2.24) is 19.9 Å². The van der Waals surface area contributed by atoms with Crippen molar-refractivity contribution >= 4 is 17.5 Å².